The van der Waals surface area contributed by atoms with Crippen LogP contribution in [-0.4, -0.2) is 16.2 Å². The molecule has 0 fully saturated rings. The molecule has 0 atom stereocenters. The van der Waals surface area contributed by atoms with E-state index in [0.29, 0.717) is 13.0 Å². The van der Waals surface area contributed by atoms with E-state index in [9.17, 15) is 9.59 Å². The highest BCUT2D eigenvalue weighted by Gasteiger charge is 2.08. The van der Waals surface area contributed by atoms with Gasteiger partial charge in [-0.05, 0) is 30.7 Å². The lowest BCUT2D eigenvalue weighted by Gasteiger charge is -2.06. The van der Waals surface area contributed by atoms with Crippen molar-refractivity contribution in [2.24, 2.45) is 0 Å². The van der Waals surface area contributed by atoms with Gasteiger partial charge in [0.15, 0.2) is 0 Å². The minimum Gasteiger partial charge on any atom is -0.326 e. The number of amides is 1. The van der Waals surface area contributed by atoms with Crippen LogP contribution in [0.1, 0.15) is 18.9 Å². The topological polar surface area (TPSA) is 51.1 Å². The molecular weight excluding hydrogens is 352 g/mol. The van der Waals surface area contributed by atoms with Crippen LogP contribution < -0.4 is 10.2 Å². The maximum Gasteiger partial charge on any atom is 0.308 e. The summed E-state index contributed by atoms with van der Waals surface area (Å²) in [6, 6.07) is 15.9. The van der Waals surface area contributed by atoms with E-state index in [-0.39, 0.29) is 10.8 Å². The number of benzene rings is 2. The molecule has 0 aliphatic heterocycles. The van der Waals surface area contributed by atoms with E-state index in [0.717, 1.165) is 27.4 Å². The molecule has 3 aromatic rings. The molecule has 0 aliphatic carbocycles. The van der Waals surface area contributed by atoms with E-state index in [1.165, 1.54) is 16.9 Å². The molecule has 25 heavy (non-hydrogen) atoms. The number of thiazole rings is 1. The van der Waals surface area contributed by atoms with Crippen molar-refractivity contribution in [1.82, 2.24) is 4.57 Å². The zero-order chi connectivity index (χ0) is 17.6. The third kappa shape index (κ3) is 4.52. The summed E-state index contributed by atoms with van der Waals surface area (Å²) in [5.41, 5.74) is 2.94. The van der Waals surface area contributed by atoms with Crippen LogP contribution in [0.25, 0.3) is 10.2 Å². The summed E-state index contributed by atoms with van der Waals surface area (Å²) in [4.78, 5) is 24.0. The Morgan fingerprint density at radius 3 is 2.76 bits per heavy atom. The number of rotatable bonds is 7. The first-order valence-electron chi connectivity index (χ1n) is 8.22. The predicted octanol–water partition coefficient (Wildman–Crippen LogP) is 4.34. The van der Waals surface area contributed by atoms with Crippen LogP contribution in [0.2, 0.25) is 0 Å². The Labute approximate surface area is 154 Å². The third-order valence-corrected chi connectivity index (χ3v) is 5.83. The number of hydrogen-bond donors (Lipinski definition) is 1. The predicted molar refractivity (Wildman–Crippen MR) is 108 cm³/mol. The van der Waals surface area contributed by atoms with Gasteiger partial charge in [-0.3, -0.25) is 14.2 Å². The molecule has 1 heterocycles. The SMILES string of the molecule is CCn1c(=O)sc2cc(NC(=O)CCSCc3ccccc3)ccc21. The molecule has 2 aromatic carbocycles. The van der Waals surface area contributed by atoms with E-state index in [1.54, 1.807) is 16.3 Å². The summed E-state index contributed by atoms with van der Waals surface area (Å²) >= 11 is 2.97. The fourth-order valence-corrected chi connectivity index (χ4v) is 4.49. The summed E-state index contributed by atoms with van der Waals surface area (Å²) < 4.78 is 2.65. The number of aromatic nitrogens is 1. The van der Waals surface area contributed by atoms with Crippen molar-refractivity contribution in [3.63, 3.8) is 0 Å². The molecule has 1 aromatic heterocycles. The van der Waals surface area contributed by atoms with Gasteiger partial charge < -0.3 is 5.32 Å². The van der Waals surface area contributed by atoms with Crippen molar-refractivity contribution >= 4 is 44.9 Å². The molecule has 130 valence electrons. The first-order chi connectivity index (χ1) is 12.2. The van der Waals surface area contributed by atoms with E-state index in [1.807, 2.05) is 43.3 Å². The Hall–Kier alpha value is -2.05. The summed E-state index contributed by atoms with van der Waals surface area (Å²) in [6.45, 7) is 2.61. The molecule has 0 saturated heterocycles. The van der Waals surface area contributed by atoms with Gasteiger partial charge in [-0.1, -0.05) is 41.7 Å². The van der Waals surface area contributed by atoms with Gasteiger partial charge in [-0.25, -0.2) is 0 Å². The molecule has 0 radical (unpaired) electrons. The van der Waals surface area contributed by atoms with Gasteiger partial charge in [-0.15, -0.1) is 0 Å². The van der Waals surface area contributed by atoms with Gasteiger partial charge in [-0.2, -0.15) is 11.8 Å². The Morgan fingerprint density at radius 2 is 2.00 bits per heavy atom. The number of anilines is 1. The van der Waals surface area contributed by atoms with E-state index in [2.05, 4.69) is 17.4 Å². The molecule has 6 heteroatoms. The lowest BCUT2D eigenvalue weighted by atomic mass is 10.2. The van der Waals surface area contributed by atoms with E-state index in [4.69, 9.17) is 0 Å². The van der Waals surface area contributed by atoms with Crippen LogP contribution in [-0.2, 0) is 17.1 Å². The van der Waals surface area contributed by atoms with Crippen molar-refractivity contribution < 1.29 is 4.79 Å². The molecule has 1 N–H and O–H groups in total. The third-order valence-electron chi connectivity index (χ3n) is 3.85. The van der Waals surface area contributed by atoms with Gasteiger partial charge in [0, 0.05) is 30.2 Å². The minimum absolute atomic E-state index is 0.00202. The lowest BCUT2D eigenvalue weighted by Crippen LogP contribution is -2.12. The maximum absolute atomic E-state index is 12.1. The first kappa shape index (κ1) is 17.8. The molecule has 0 saturated carbocycles. The van der Waals surface area contributed by atoms with Crippen molar-refractivity contribution in [1.29, 1.82) is 0 Å². The number of nitrogens with one attached hydrogen (secondary N) is 1. The summed E-state index contributed by atoms with van der Waals surface area (Å²) in [6.07, 6.45) is 0.474. The molecule has 0 unspecified atom stereocenters. The minimum atomic E-state index is 0.00202. The second-order valence-electron chi connectivity index (χ2n) is 5.63. The molecule has 1 amide bonds. The van der Waals surface area contributed by atoms with Crippen LogP contribution in [0.4, 0.5) is 5.69 Å². The number of fused-ring (bicyclic) bond motifs is 1. The molecule has 4 nitrogen and oxygen atoms in total. The summed E-state index contributed by atoms with van der Waals surface area (Å²) in [5, 5.41) is 2.92. The molecule has 0 aliphatic rings. The molecule has 3 rings (SSSR count). The second kappa shape index (κ2) is 8.36. The van der Waals surface area contributed by atoms with E-state index < -0.39 is 0 Å². The van der Waals surface area contributed by atoms with Gasteiger partial charge in [0.05, 0.1) is 10.2 Å². The number of nitrogens with zero attached hydrogens (tertiary/aromatic N) is 1. The standard InChI is InChI=1S/C19H20N2O2S2/c1-2-21-16-9-8-15(12-17(16)25-19(21)23)20-18(22)10-11-24-13-14-6-4-3-5-7-14/h3-9,12H,2,10-11,13H2,1H3,(H,20,22). The van der Waals surface area contributed by atoms with Crippen molar-refractivity contribution in [2.75, 3.05) is 11.1 Å². The van der Waals surface area contributed by atoms with Crippen LogP contribution in [0.5, 0.6) is 0 Å². The monoisotopic (exact) mass is 372 g/mol. The van der Waals surface area contributed by atoms with Crippen molar-refractivity contribution in [3.05, 3.63) is 63.8 Å². The number of carbonyl (C=O) groups is 1. The fourth-order valence-electron chi connectivity index (χ4n) is 2.60. The van der Waals surface area contributed by atoms with Gasteiger partial charge in [0.1, 0.15) is 0 Å². The highest BCUT2D eigenvalue weighted by Crippen LogP contribution is 2.22. The van der Waals surface area contributed by atoms with Crippen LogP contribution in [0.3, 0.4) is 0 Å². The number of aryl methyl sites for hydroxylation is 1. The smallest absolute Gasteiger partial charge is 0.308 e. The zero-order valence-electron chi connectivity index (χ0n) is 14.0. The molecule has 0 bridgehead atoms. The van der Waals surface area contributed by atoms with Gasteiger partial charge >= 0.3 is 4.87 Å². The number of carbonyl (C=O) groups excluding carboxylic acids is 1. The van der Waals surface area contributed by atoms with Crippen molar-refractivity contribution in [2.45, 2.75) is 25.6 Å². The summed E-state index contributed by atoms with van der Waals surface area (Å²) in [5.74, 6) is 1.70. The van der Waals surface area contributed by atoms with Crippen LogP contribution >= 0.6 is 23.1 Å². The summed E-state index contributed by atoms with van der Waals surface area (Å²) in [7, 11) is 0. The Kier molecular flexibility index (Phi) is 5.94. The largest absolute Gasteiger partial charge is 0.326 e. The molecular formula is C19H20N2O2S2. The Balaban J connectivity index is 1.52. The first-order valence-corrected chi connectivity index (χ1v) is 10.2. The molecule has 0 spiro atoms. The van der Waals surface area contributed by atoms with Gasteiger partial charge in [0.25, 0.3) is 0 Å². The zero-order valence-corrected chi connectivity index (χ0v) is 15.7. The number of thioether (sulfide) groups is 1. The van der Waals surface area contributed by atoms with Gasteiger partial charge in [0.2, 0.25) is 5.91 Å². The highest BCUT2D eigenvalue weighted by atomic mass is 32.2. The second-order valence-corrected chi connectivity index (χ2v) is 7.73. The number of hydrogen-bond acceptors (Lipinski definition) is 4. The quantitative estimate of drug-likeness (QED) is 0.628. The maximum atomic E-state index is 12.1. The normalized spacial score (nSPS) is 10.9. The van der Waals surface area contributed by atoms with Crippen molar-refractivity contribution in [3.8, 4) is 0 Å². The van der Waals surface area contributed by atoms with Crippen LogP contribution in [0.15, 0.2) is 53.3 Å². The van der Waals surface area contributed by atoms with E-state index >= 15 is 0 Å². The fraction of sp³-hybridized carbons (Fsp3) is 0.263. The lowest BCUT2D eigenvalue weighted by molar-refractivity contribution is -0.115. The Morgan fingerprint density at radius 1 is 1.20 bits per heavy atom. The average Bonchev–Trinajstić information content (AvgIpc) is 2.94. The Bertz CT molecular complexity index is 916. The average molecular weight is 373 g/mol. The van der Waals surface area contributed by atoms with Crippen LogP contribution in [0, 0.1) is 0 Å². The highest BCUT2D eigenvalue weighted by molar-refractivity contribution is 7.98.